The molecule has 4 aromatic rings. The molecule has 0 saturated carbocycles. The molecule has 1 saturated heterocycles. The highest BCUT2D eigenvalue weighted by Gasteiger charge is 2.73. The second kappa shape index (κ2) is 15.2. The first kappa shape index (κ1) is 43.9. The number of hydrogen-bond acceptors (Lipinski definition) is 10. The minimum absolute atomic E-state index is 0.0126. The van der Waals surface area contributed by atoms with Gasteiger partial charge in [-0.3, -0.25) is 13.7 Å². The molecule has 2 atom stereocenters. The maximum atomic E-state index is 12.8. The number of allylic oxidation sites excluding steroid dienone is 8. The van der Waals surface area contributed by atoms with Crippen LogP contribution < -0.4 is 4.48 Å². The quantitative estimate of drug-likeness (QED) is 0.0212. The predicted octanol–water partition coefficient (Wildman–Crippen LogP) is 8.50. The molecule has 14 nitrogen and oxygen atoms in total. The number of fused-ring (bicyclic) bond motifs is 7. The Bertz CT molecular complexity index is 3080. The molecule has 61 heavy (non-hydrogen) atoms. The van der Waals surface area contributed by atoms with Crippen molar-refractivity contribution in [2.75, 3.05) is 18.8 Å². The molecule has 0 aromatic heterocycles. The molecule has 1 fully saturated rings. The van der Waals surface area contributed by atoms with E-state index in [1.54, 1.807) is 18.2 Å². The second-order valence-corrected chi connectivity index (χ2v) is 22.5. The van der Waals surface area contributed by atoms with Crippen LogP contribution in [0.2, 0.25) is 0 Å². The first-order chi connectivity index (χ1) is 28.5. The Morgan fingerprint density at radius 1 is 0.852 bits per heavy atom. The maximum absolute atomic E-state index is 12.8. The standard InChI is InChI=1S/C42H41ClN2O12S4/c1-41(2)35(44(20-21-59(47,48)49)33-16-8-27-22-29(58-57-56-46)12-14-31(27)38(33)41)18-10-25-6-5-7-26(40(25)43)11-19-36-42(3,4)39-32-15-13-30(60(50,51)52)23-28(32)9-17-34(39)45(36)24-37(45)61(53,54)55/h8-19,22-23,37H,5-7,20-21,24H2,1-4H3,(H2-2,46,47,48,49,50,51,52,53,54,55)/p+2/b18-10+,26-11+,36-19+. The van der Waals surface area contributed by atoms with Gasteiger partial charge < -0.3 is 0 Å². The third-order valence-corrected chi connectivity index (χ3v) is 16.2. The van der Waals surface area contributed by atoms with Gasteiger partial charge in [0.25, 0.3) is 25.6 Å². The summed E-state index contributed by atoms with van der Waals surface area (Å²) in [5.74, 6) is -0.503. The summed E-state index contributed by atoms with van der Waals surface area (Å²) >= 11 is 8.03. The van der Waals surface area contributed by atoms with Crippen molar-refractivity contribution in [3.05, 3.63) is 118 Å². The third kappa shape index (κ3) is 7.63. The molecule has 3 aliphatic heterocycles. The summed E-state index contributed by atoms with van der Waals surface area (Å²) in [4.78, 5) is 0.416. The average Bonchev–Trinajstić information content (AvgIpc) is 3.85. The number of hydrogen-bond donors (Lipinski definition) is 4. The molecule has 8 rings (SSSR count). The monoisotopic (exact) mass is 930 g/mol. The summed E-state index contributed by atoms with van der Waals surface area (Å²) in [7, 11) is -13.3. The van der Waals surface area contributed by atoms with Gasteiger partial charge in [0, 0.05) is 39.3 Å². The largest absolute Gasteiger partial charge is 0.326 e. The highest BCUT2D eigenvalue weighted by molar-refractivity contribution is 7.94. The van der Waals surface area contributed by atoms with Gasteiger partial charge in [-0.05, 0) is 122 Å². The first-order valence-corrected chi connectivity index (χ1v) is 24.9. The van der Waals surface area contributed by atoms with E-state index in [2.05, 4.69) is 9.37 Å². The molecule has 3 heterocycles. The Balaban J connectivity index is 1.19. The van der Waals surface area contributed by atoms with Crippen LogP contribution in [0.5, 0.6) is 0 Å². The van der Waals surface area contributed by atoms with Gasteiger partial charge >= 0.3 is 10.1 Å². The van der Waals surface area contributed by atoms with Crippen molar-refractivity contribution < 1.29 is 58.1 Å². The van der Waals surface area contributed by atoms with Gasteiger partial charge in [0.1, 0.15) is 17.1 Å². The third-order valence-electron chi connectivity index (χ3n) is 12.4. The molecule has 19 heteroatoms. The van der Waals surface area contributed by atoms with E-state index in [9.17, 15) is 38.9 Å². The minimum atomic E-state index is -4.49. The lowest BCUT2D eigenvalue weighted by atomic mass is 9.78. The van der Waals surface area contributed by atoms with Crippen LogP contribution >= 0.6 is 23.6 Å². The van der Waals surface area contributed by atoms with Gasteiger partial charge in [0.15, 0.2) is 18.8 Å². The summed E-state index contributed by atoms with van der Waals surface area (Å²) < 4.78 is 110. The van der Waals surface area contributed by atoms with Gasteiger partial charge in [-0.25, -0.2) is 9.74 Å². The summed E-state index contributed by atoms with van der Waals surface area (Å²) in [5.41, 5.74) is 4.90. The van der Waals surface area contributed by atoms with Crippen LogP contribution in [0.15, 0.2) is 117 Å². The van der Waals surface area contributed by atoms with E-state index in [0.717, 1.165) is 62.9 Å². The van der Waals surface area contributed by atoms with Crippen molar-refractivity contribution in [3.63, 3.8) is 0 Å². The van der Waals surface area contributed by atoms with E-state index in [1.165, 1.54) is 12.1 Å². The predicted molar refractivity (Wildman–Crippen MR) is 235 cm³/mol. The summed E-state index contributed by atoms with van der Waals surface area (Å²) in [6.45, 7) is 8.09. The Kier molecular flexibility index (Phi) is 10.9. The van der Waals surface area contributed by atoms with Gasteiger partial charge in [-0.15, -0.1) is 4.33 Å². The van der Waals surface area contributed by atoms with E-state index < -0.39 is 52.3 Å². The fourth-order valence-electron chi connectivity index (χ4n) is 9.76. The van der Waals surface area contributed by atoms with Crippen molar-refractivity contribution >= 4 is 92.6 Å². The normalized spacial score (nSPS) is 23.7. The van der Waals surface area contributed by atoms with Gasteiger partial charge in [-0.1, -0.05) is 40.9 Å². The number of halogens is 1. The van der Waals surface area contributed by atoms with E-state index in [1.807, 2.05) is 86.9 Å². The molecular weight excluding hydrogens is 888 g/mol. The molecule has 0 radical (unpaired) electrons. The zero-order chi connectivity index (χ0) is 44.1. The van der Waals surface area contributed by atoms with E-state index in [-0.39, 0.29) is 22.5 Å². The van der Waals surface area contributed by atoms with Crippen molar-refractivity contribution in [2.45, 2.75) is 73.0 Å². The molecule has 4 N–H and O–H groups in total. The number of nitrogens with zero attached hydrogens (tertiary/aromatic N) is 2. The van der Waals surface area contributed by atoms with E-state index in [0.29, 0.717) is 44.9 Å². The fraction of sp³-hybridized carbons (Fsp3) is 0.310. The number of rotatable bonds is 11. The van der Waals surface area contributed by atoms with Crippen LogP contribution in [0.25, 0.3) is 21.5 Å². The molecule has 1 aliphatic carbocycles. The molecule has 0 bridgehead atoms. The molecule has 2 unspecified atom stereocenters. The van der Waals surface area contributed by atoms with Gasteiger partial charge in [-0.2, -0.15) is 29.8 Å². The van der Waals surface area contributed by atoms with Crippen LogP contribution in [0.4, 0.5) is 11.4 Å². The second-order valence-electron chi connectivity index (χ2n) is 16.8. The fourth-order valence-corrected chi connectivity index (χ4v) is 12.5. The molecule has 322 valence electrons. The zero-order valence-corrected chi connectivity index (χ0v) is 37.4. The van der Waals surface area contributed by atoms with Crippen LogP contribution in [-0.2, 0) is 50.6 Å². The number of quaternary nitrogens is 1. The minimum Gasteiger partial charge on any atom is -0.285 e. The highest BCUT2D eigenvalue weighted by atomic mass is 35.5. The van der Waals surface area contributed by atoms with Crippen molar-refractivity contribution in [2.24, 2.45) is 0 Å². The Hall–Kier alpha value is -3.76. The topological polar surface area (TPSA) is 205 Å². The smallest absolute Gasteiger partial charge is 0.285 e. The lowest BCUT2D eigenvalue weighted by Crippen LogP contribution is -2.33. The molecule has 1 spiro atoms. The molecule has 4 aromatic carbocycles. The molecule has 4 aliphatic rings. The summed E-state index contributed by atoms with van der Waals surface area (Å²) in [5, 5.41) is 14.8. The summed E-state index contributed by atoms with van der Waals surface area (Å²) in [6, 6.07) is 17.2. The van der Waals surface area contributed by atoms with Crippen molar-refractivity contribution in [1.29, 1.82) is 0 Å². The lowest BCUT2D eigenvalue weighted by Gasteiger charge is -2.23. The maximum Gasteiger partial charge on any atom is 0.326 e. The van der Waals surface area contributed by atoms with Crippen LogP contribution in [0.3, 0.4) is 0 Å². The number of benzene rings is 4. The van der Waals surface area contributed by atoms with Crippen LogP contribution in [0.1, 0.15) is 58.1 Å². The van der Waals surface area contributed by atoms with Crippen LogP contribution in [0, 0.1) is 0 Å². The zero-order valence-electron chi connectivity index (χ0n) is 33.4. The lowest BCUT2D eigenvalue weighted by molar-refractivity contribution is -0.432. The Morgan fingerprint density at radius 3 is 2.21 bits per heavy atom. The molecular formula is C42H43ClN2O12S4+2. The van der Waals surface area contributed by atoms with E-state index in [4.69, 9.17) is 16.9 Å². The van der Waals surface area contributed by atoms with Gasteiger partial charge in [0.2, 0.25) is 5.69 Å². The first-order valence-electron chi connectivity index (χ1n) is 19.2. The summed E-state index contributed by atoms with van der Waals surface area (Å²) in [6.07, 6.45) is 9.69. The van der Waals surface area contributed by atoms with E-state index >= 15 is 0 Å². The van der Waals surface area contributed by atoms with Crippen molar-refractivity contribution in [3.8, 4) is 0 Å². The van der Waals surface area contributed by atoms with Gasteiger partial charge in [0.05, 0.1) is 27.8 Å². The highest BCUT2D eigenvalue weighted by Crippen LogP contribution is 2.62. The Labute approximate surface area is 363 Å². The SMILES string of the molecule is CC1(C)C(/C=C/C2=C(Cl)C(=C/C=C3\C(C)(C)c4c(ccc5cc(S(=O)(=O)O)ccc45)[N+]34CC4S(=O)(=O)O)/CCC2)=[N+](CCS(=O)(=O)O)c2ccc3cc(SOOO)ccc3c21. The average molecular weight is 932 g/mol. The van der Waals surface area contributed by atoms with Crippen molar-refractivity contribution in [1.82, 2.24) is 4.48 Å². The molecule has 0 amide bonds. The van der Waals surface area contributed by atoms with Crippen LogP contribution in [-0.4, -0.2) is 78.7 Å². The Morgan fingerprint density at radius 2 is 1.54 bits per heavy atom.